The summed E-state index contributed by atoms with van der Waals surface area (Å²) >= 11 is 0. The molecule has 124 valence electrons. The van der Waals surface area contributed by atoms with E-state index >= 15 is 0 Å². The Morgan fingerprint density at radius 3 is 2.74 bits per heavy atom. The maximum atomic E-state index is 12.4. The Kier molecular flexibility index (Phi) is 4.98. The highest BCUT2D eigenvalue weighted by Crippen LogP contribution is 2.15. The third kappa shape index (κ3) is 3.74. The minimum Gasteiger partial charge on any atom is -0.379 e. The Balaban J connectivity index is 1.64. The monoisotopic (exact) mass is 315 g/mol. The van der Waals surface area contributed by atoms with E-state index in [0.29, 0.717) is 24.2 Å². The SMILES string of the molecule is CC(C)C(CNC(=O)c1cc2ccccc2[nH]1)N1CCOCC1. The number of carbonyl (C=O) groups is 1. The Labute approximate surface area is 137 Å². The third-order valence-electron chi connectivity index (χ3n) is 4.53. The zero-order chi connectivity index (χ0) is 16.2. The van der Waals surface area contributed by atoms with E-state index < -0.39 is 0 Å². The number of hydrogen-bond acceptors (Lipinski definition) is 3. The van der Waals surface area contributed by atoms with Gasteiger partial charge in [0.05, 0.1) is 13.2 Å². The summed E-state index contributed by atoms with van der Waals surface area (Å²) in [6.07, 6.45) is 0. The van der Waals surface area contributed by atoms with Crippen LogP contribution in [0.5, 0.6) is 0 Å². The van der Waals surface area contributed by atoms with Gasteiger partial charge in [-0.1, -0.05) is 32.0 Å². The average Bonchev–Trinajstić information content (AvgIpc) is 2.99. The molecule has 0 radical (unpaired) electrons. The molecule has 23 heavy (non-hydrogen) atoms. The van der Waals surface area contributed by atoms with Gasteiger partial charge in [0.1, 0.15) is 5.69 Å². The second-order valence-corrected chi connectivity index (χ2v) is 6.44. The maximum Gasteiger partial charge on any atom is 0.267 e. The molecule has 1 aromatic heterocycles. The van der Waals surface area contributed by atoms with E-state index in [1.807, 2.05) is 30.3 Å². The summed E-state index contributed by atoms with van der Waals surface area (Å²) in [5.74, 6) is 0.441. The van der Waals surface area contributed by atoms with Crippen molar-refractivity contribution in [2.45, 2.75) is 19.9 Å². The van der Waals surface area contributed by atoms with Crippen LogP contribution in [0.2, 0.25) is 0 Å². The highest BCUT2D eigenvalue weighted by Gasteiger charge is 2.24. The molecular weight excluding hydrogens is 290 g/mol. The van der Waals surface area contributed by atoms with Crippen LogP contribution in [0.3, 0.4) is 0 Å². The summed E-state index contributed by atoms with van der Waals surface area (Å²) < 4.78 is 5.42. The second kappa shape index (κ2) is 7.15. The molecular formula is C18H25N3O2. The summed E-state index contributed by atoms with van der Waals surface area (Å²) in [6.45, 7) is 8.49. The van der Waals surface area contributed by atoms with Crippen molar-refractivity contribution in [3.05, 3.63) is 36.0 Å². The van der Waals surface area contributed by atoms with Crippen molar-refractivity contribution in [2.24, 2.45) is 5.92 Å². The molecule has 0 saturated carbocycles. The van der Waals surface area contributed by atoms with Gasteiger partial charge in [-0.15, -0.1) is 0 Å². The van der Waals surface area contributed by atoms with Gasteiger partial charge in [0.2, 0.25) is 0 Å². The number of rotatable bonds is 5. The van der Waals surface area contributed by atoms with E-state index in [2.05, 4.69) is 29.0 Å². The number of ether oxygens (including phenoxy) is 1. The zero-order valence-electron chi connectivity index (χ0n) is 13.8. The molecule has 1 amide bonds. The second-order valence-electron chi connectivity index (χ2n) is 6.44. The number of carbonyl (C=O) groups excluding carboxylic acids is 1. The van der Waals surface area contributed by atoms with Gasteiger partial charge >= 0.3 is 0 Å². The molecule has 2 heterocycles. The molecule has 0 spiro atoms. The van der Waals surface area contributed by atoms with Crippen LogP contribution >= 0.6 is 0 Å². The first-order valence-electron chi connectivity index (χ1n) is 8.33. The minimum atomic E-state index is -0.0416. The molecule has 0 aliphatic carbocycles. The van der Waals surface area contributed by atoms with Crippen molar-refractivity contribution in [3.63, 3.8) is 0 Å². The largest absolute Gasteiger partial charge is 0.379 e. The van der Waals surface area contributed by atoms with Crippen molar-refractivity contribution in [1.82, 2.24) is 15.2 Å². The molecule has 1 aromatic carbocycles. The van der Waals surface area contributed by atoms with Crippen molar-refractivity contribution < 1.29 is 9.53 Å². The lowest BCUT2D eigenvalue weighted by molar-refractivity contribution is 0.00671. The number of morpholine rings is 1. The van der Waals surface area contributed by atoms with Crippen LogP contribution in [-0.2, 0) is 4.74 Å². The topological polar surface area (TPSA) is 57.4 Å². The van der Waals surface area contributed by atoms with Crippen LogP contribution in [0.25, 0.3) is 10.9 Å². The fourth-order valence-electron chi connectivity index (χ4n) is 3.18. The fraction of sp³-hybridized carbons (Fsp3) is 0.500. The first-order valence-corrected chi connectivity index (χ1v) is 8.33. The molecule has 1 aliphatic heterocycles. The quantitative estimate of drug-likeness (QED) is 0.890. The van der Waals surface area contributed by atoms with Crippen molar-refractivity contribution in [1.29, 1.82) is 0 Å². The van der Waals surface area contributed by atoms with Crippen molar-refractivity contribution in [3.8, 4) is 0 Å². The molecule has 1 fully saturated rings. The number of para-hydroxylation sites is 1. The van der Waals surface area contributed by atoms with Gasteiger partial charge in [0, 0.05) is 36.6 Å². The maximum absolute atomic E-state index is 12.4. The molecule has 5 heteroatoms. The lowest BCUT2D eigenvalue weighted by atomic mass is 10.0. The lowest BCUT2D eigenvalue weighted by Gasteiger charge is -2.36. The first-order chi connectivity index (χ1) is 11.1. The molecule has 1 atom stereocenters. The van der Waals surface area contributed by atoms with Crippen LogP contribution in [-0.4, -0.2) is 54.7 Å². The Hall–Kier alpha value is -1.85. The number of nitrogens with one attached hydrogen (secondary N) is 2. The van der Waals surface area contributed by atoms with Crippen LogP contribution in [0, 0.1) is 5.92 Å². The lowest BCUT2D eigenvalue weighted by Crippen LogP contribution is -2.51. The van der Waals surface area contributed by atoms with E-state index in [-0.39, 0.29) is 5.91 Å². The smallest absolute Gasteiger partial charge is 0.267 e. The Bertz CT molecular complexity index is 626. The van der Waals surface area contributed by atoms with Crippen LogP contribution in [0.4, 0.5) is 0 Å². The number of amides is 1. The highest BCUT2D eigenvalue weighted by atomic mass is 16.5. The van der Waals surface area contributed by atoms with E-state index in [0.717, 1.165) is 37.2 Å². The molecule has 1 aliphatic rings. The number of H-pyrrole nitrogens is 1. The van der Waals surface area contributed by atoms with Crippen LogP contribution < -0.4 is 5.32 Å². The van der Waals surface area contributed by atoms with Crippen molar-refractivity contribution in [2.75, 3.05) is 32.8 Å². The summed E-state index contributed by atoms with van der Waals surface area (Å²) in [5.41, 5.74) is 1.61. The number of aromatic amines is 1. The molecule has 1 unspecified atom stereocenters. The summed E-state index contributed by atoms with van der Waals surface area (Å²) in [4.78, 5) is 18.0. The molecule has 0 bridgehead atoms. The number of fused-ring (bicyclic) bond motifs is 1. The minimum absolute atomic E-state index is 0.0416. The fourth-order valence-corrected chi connectivity index (χ4v) is 3.18. The predicted octanol–water partition coefficient (Wildman–Crippen LogP) is 2.25. The van der Waals surface area contributed by atoms with Gasteiger partial charge in [-0.05, 0) is 18.1 Å². The molecule has 5 nitrogen and oxygen atoms in total. The van der Waals surface area contributed by atoms with Gasteiger partial charge in [0.15, 0.2) is 0 Å². The number of nitrogens with zero attached hydrogens (tertiary/aromatic N) is 1. The molecule has 1 saturated heterocycles. The van der Waals surface area contributed by atoms with Gasteiger partial charge < -0.3 is 15.0 Å². The Morgan fingerprint density at radius 1 is 1.30 bits per heavy atom. The van der Waals surface area contributed by atoms with Gasteiger partial charge in [-0.3, -0.25) is 9.69 Å². The summed E-state index contributed by atoms with van der Waals surface area (Å²) in [6, 6.07) is 10.2. The van der Waals surface area contributed by atoms with E-state index in [1.54, 1.807) is 0 Å². The molecule has 2 N–H and O–H groups in total. The summed E-state index contributed by atoms with van der Waals surface area (Å²) in [7, 11) is 0. The van der Waals surface area contributed by atoms with E-state index in [4.69, 9.17) is 4.74 Å². The number of aromatic nitrogens is 1. The normalized spacial score (nSPS) is 17.5. The van der Waals surface area contributed by atoms with Crippen LogP contribution in [0.15, 0.2) is 30.3 Å². The zero-order valence-corrected chi connectivity index (χ0v) is 13.8. The molecule has 3 rings (SSSR count). The molecule has 2 aromatic rings. The van der Waals surface area contributed by atoms with E-state index in [9.17, 15) is 4.79 Å². The Morgan fingerprint density at radius 2 is 2.04 bits per heavy atom. The number of hydrogen-bond donors (Lipinski definition) is 2. The predicted molar refractivity (Wildman–Crippen MR) is 91.6 cm³/mol. The van der Waals surface area contributed by atoms with Crippen molar-refractivity contribution >= 4 is 16.8 Å². The van der Waals surface area contributed by atoms with Gasteiger partial charge in [-0.25, -0.2) is 0 Å². The van der Waals surface area contributed by atoms with Gasteiger partial charge in [-0.2, -0.15) is 0 Å². The van der Waals surface area contributed by atoms with Crippen LogP contribution in [0.1, 0.15) is 24.3 Å². The highest BCUT2D eigenvalue weighted by molar-refractivity contribution is 5.97. The van der Waals surface area contributed by atoms with E-state index in [1.165, 1.54) is 0 Å². The van der Waals surface area contributed by atoms with Gasteiger partial charge in [0.25, 0.3) is 5.91 Å². The standard InChI is InChI=1S/C18H25N3O2/c1-13(2)17(21-7-9-23-10-8-21)12-19-18(22)16-11-14-5-3-4-6-15(14)20-16/h3-6,11,13,17,20H,7-10,12H2,1-2H3,(H,19,22). The average molecular weight is 315 g/mol. The summed E-state index contributed by atoms with van der Waals surface area (Å²) in [5, 5.41) is 4.15. The third-order valence-corrected chi connectivity index (χ3v) is 4.53. The number of benzene rings is 1. The first kappa shape index (κ1) is 16.0.